The predicted molar refractivity (Wildman–Crippen MR) is 122 cm³/mol. The van der Waals surface area contributed by atoms with E-state index < -0.39 is 16.3 Å². The summed E-state index contributed by atoms with van der Waals surface area (Å²) in [5, 5.41) is 0.396. The molecule has 0 aliphatic heterocycles. The van der Waals surface area contributed by atoms with Crippen molar-refractivity contribution in [1.29, 1.82) is 0 Å². The Morgan fingerprint density at radius 1 is 0.643 bits per heavy atom. The van der Waals surface area contributed by atoms with Gasteiger partial charge in [0.15, 0.2) is 0 Å². The Balaban J connectivity index is -0.00000225. The summed E-state index contributed by atoms with van der Waals surface area (Å²) in [6, 6.07) is 9.39. The van der Waals surface area contributed by atoms with Gasteiger partial charge >= 0.3 is 0 Å². The fraction of sp³-hybridized carbons (Fsp3) is 0.727. The molecule has 0 N–H and O–H groups in total. The molecule has 6 heteroatoms. The minimum Gasteiger partial charge on any atom is -1.00 e. The van der Waals surface area contributed by atoms with Crippen LogP contribution in [0, 0.1) is 6.07 Å². The van der Waals surface area contributed by atoms with E-state index >= 15 is 0 Å². The smallest absolute Gasteiger partial charge is 0.135 e. The second-order valence-corrected chi connectivity index (χ2v) is 17.7. The van der Waals surface area contributed by atoms with Gasteiger partial charge in [0.1, 0.15) is 11.5 Å². The van der Waals surface area contributed by atoms with Gasteiger partial charge in [-0.1, -0.05) is 89.2 Å². The molecule has 0 atom stereocenters. The van der Waals surface area contributed by atoms with Gasteiger partial charge < -0.3 is 21.5 Å². The molecular formula is C22H41ClIrO2P2-. The van der Waals surface area contributed by atoms with Gasteiger partial charge in [-0.25, -0.2) is 0 Å². The zero-order valence-electron chi connectivity index (χ0n) is 19.7. The van der Waals surface area contributed by atoms with Crippen LogP contribution in [0.25, 0.3) is 0 Å². The van der Waals surface area contributed by atoms with Crippen molar-refractivity contribution in [3.05, 3.63) is 24.3 Å². The number of hydrogen-bond acceptors (Lipinski definition) is 2. The number of benzene rings is 1. The molecule has 1 rings (SSSR count). The van der Waals surface area contributed by atoms with Crippen LogP contribution in [0.15, 0.2) is 18.2 Å². The van der Waals surface area contributed by atoms with E-state index in [1.54, 1.807) is 0 Å². The molecule has 0 aliphatic rings. The fourth-order valence-corrected chi connectivity index (χ4v) is 9.02. The molecule has 0 saturated carbocycles. The summed E-state index contributed by atoms with van der Waals surface area (Å²) in [7, 11) is -1.36. The minimum absolute atomic E-state index is 0. The molecule has 0 heterocycles. The molecule has 0 unspecified atom stereocenters. The summed E-state index contributed by atoms with van der Waals surface area (Å²) in [6.45, 7) is 27.0. The molecule has 1 aromatic carbocycles. The second-order valence-electron chi connectivity index (χ2n) is 10.8. The molecule has 0 fully saturated rings. The van der Waals surface area contributed by atoms with Gasteiger partial charge in [-0.05, 0) is 12.1 Å². The third-order valence-corrected chi connectivity index (χ3v) is 9.19. The van der Waals surface area contributed by atoms with Crippen LogP contribution in [-0.2, 0) is 20.1 Å². The van der Waals surface area contributed by atoms with Gasteiger partial charge in [0.2, 0.25) is 0 Å². The zero-order valence-corrected chi connectivity index (χ0v) is 24.6. The van der Waals surface area contributed by atoms with Crippen LogP contribution in [0.5, 0.6) is 11.5 Å². The molecule has 1 aromatic rings. The van der Waals surface area contributed by atoms with Crippen molar-refractivity contribution in [2.24, 2.45) is 0 Å². The van der Waals surface area contributed by atoms with Crippen molar-refractivity contribution in [2.45, 2.75) is 104 Å². The fourth-order valence-electron chi connectivity index (χ4n) is 3.29. The van der Waals surface area contributed by atoms with E-state index in [9.17, 15) is 0 Å². The Morgan fingerprint density at radius 2 is 0.893 bits per heavy atom. The van der Waals surface area contributed by atoms with Crippen LogP contribution in [0.1, 0.15) is 84.5 Å². The van der Waals surface area contributed by atoms with Crippen LogP contribution in [-0.4, -0.2) is 20.6 Å². The van der Waals surface area contributed by atoms with Crippen molar-refractivity contribution in [3.63, 3.8) is 0 Å². The molecule has 2 radical (unpaired) electrons. The molecule has 0 bridgehead atoms. The first-order valence-electron chi connectivity index (χ1n) is 9.41. The van der Waals surface area contributed by atoms with Gasteiger partial charge in [0, 0.05) is 42.2 Å². The number of rotatable bonds is 4. The van der Waals surface area contributed by atoms with E-state index in [0.29, 0.717) is 0 Å². The number of halogens is 1. The Morgan fingerprint density at radius 3 is 1.11 bits per heavy atom. The van der Waals surface area contributed by atoms with Gasteiger partial charge in [-0.15, -0.1) is 0 Å². The van der Waals surface area contributed by atoms with Crippen molar-refractivity contribution in [1.82, 2.24) is 0 Å². The first kappa shape index (κ1) is 30.8. The summed E-state index contributed by atoms with van der Waals surface area (Å²) < 4.78 is 12.9. The second kappa shape index (κ2) is 10.8. The summed E-state index contributed by atoms with van der Waals surface area (Å²) >= 11 is 0. The third kappa shape index (κ3) is 9.62. The molecule has 168 valence electrons. The maximum Gasteiger partial charge on any atom is 0.135 e. The first-order valence-corrected chi connectivity index (χ1v) is 11.9. The Labute approximate surface area is 198 Å². The maximum absolute atomic E-state index is 6.47. The Hall–Kier alpha value is 0.619. The van der Waals surface area contributed by atoms with Crippen molar-refractivity contribution in [2.75, 3.05) is 0 Å². The average Bonchev–Trinajstić information content (AvgIpc) is 2.37. The largest absolute Gasteiger partial charge is 1.00 e. The van der Waals surface area contributed by atoms with E-state index in [-0.39, 0.29) is 54.6 Å². The normalized spacial score (nSPS) is 13.1. The molecular weight excluding hydrogens is 586 g/mol. The summed E-state index contributed by atoms with van der Waals surface area (Å²) in [5.41, 5.74) is 0. The van der Waals surface area contributed by atoms with Gasteiger partial charge in [0.25, 0.3) is 0 Å². The molecule has 28 heavy (non-hydrogen) atoms. The van der Waals surface area contributed by atoms with E-state index in [0.717, 1.165) is 11.5 Å². The standard InChI is InChI=1S/C22H39O2P2.ClH.Ir.H2/c1-19(2,3)25(20(4,5)6)23-17-14-13-15-18(16-17)24-26(21(7,8)9)22(10,11)12;;;/h13-15H,1-12H3;1H;;1H/p-1. The Kier molecular flexibility index (Phi) is 11.9. The SMILES string of the molecule is CC(C)(C)P(Oc1[c]c(OP(C(C)(C)C)C(C)(C)C)ccc1)C(C)(C)C.[Cl-].[HH].[Ir]. The molecule has 0 aliphatic carbocycles. The van der Waals surface area contributed by atoms with Gasteiger partial charge in [-0.3, -0.25) is 0 Å². The van der Waals surface area contributed by atoms with Crippen molar-refractivity contribution < 1.29 is 43.0 Å². The number of hydrogen-bond donors (Lipinski definition) is 0. The average molecular weight is 627 g/mol. The van der Waals surface area contributed by atoms with Crippen LogP contribution < -0.4 is 21.5 Å². The minimum atomic E-state index is -0.678. The van der Waals surface area contributed by atoms with E-state index in [1.165, 1.54) is 0 Å². The van der Waals surface area contributed by atoms with Gasteiger partial charge in [0.05, 0.1) is 22.4 Å². The quantitative estimate of drug-likeness (QED) is 0.412. The van der Waals surface area contributed by atoms with Gasteiger partial charge in [-0.2, -0.15) is 0 Å². The zero-order chi connectivity index (χ0) is 20.6. The van der Waals surface area contributed by atoms with Crippen LogP contribution >= 0.6 is 16.3 Å². The predicted octanol–water partition coefficient (Wildman–Crippen LogP) is 5.48. The van der Waals surface area contributed by atoms with E-state index in [4.69, 9.17) is 9.05 Å². The molecule has 0 spiro atoms. The maximum atomic E-state index is 6.47. The van der Waals surface area contributed by atoms with Crippen molar-refractivity contribution in [3.8, 4) is 11.5 Å². The summed E-state index contributed by atoms with van der Waals surface area (Å²) in [4.78, 5) is 0. The monoisotopic (exact) mass is 627 g/mol. The Bertz CT molecular complexity index is 525. The summed E-state index contributed by atoms with van der Waals surface area (Å²) in [5.74, 6) is 1.58. The van der Waals surface area contributed by atoms with Crippen LogP contribution in [0.2, 0.25) is 0 Å². The van der Waals surface area contributed by atoms with Crippen molar-refractivity contribution >= 4 is 16.3 Å². The van der Waals surface area contributed by atoms with E-state index in [1.807, 2.05) is 18.2 Å². The third-order valence-electron chi connectivity index (χ3n) is 3.56. The molecule has 0 saturated heterocycles. The van der Waals surface area contributed by atoms with Crippen LogP contribution in [0.3, 0.4) is 0 Å². The molecule has 2 nitrogen and oxygen atoms in total. The van der Waals surface area contributed by atoms with Crippen LogP contribution in [0.4, 0.5) is 0 Å². The van der Waals surface area contributed by atoms with E-state index in [2.05, 4.69) is 89.2 Å². The first-order chi connectivity index (χ1) is 11.4. The summed E-state index contributed by atoms with van der Waals surface area (Å²) in [6.07, 6.45) is 0. The molecule has 0 amide bonds. The molecule has 0 aromatic heterocycles. The topological polar surface area (TPSA) is 18.5 Å².